The third-order valence-corrected chi connectivity index (χ3v) is 6.81. The maximum Gasteiger partial charge on any atom is 0.226 e. The molecule has 0 bridgehead atoms. The van der Waals surface area contributed by atoms with Gasteiger partial charge in [-0.3, -0.25) is 9.78 Å². The van der Waals surface area contributed by atoms with Gasteiger partial charge in [0.25, 0.3) is 0 Å². The van der Waals surface area contributed by atoms with Crippen LogP contribution >= 0.6 is 23.8 Å². The number of hydrogen-bond donors (Lipinski definition) is 2. The van der Waals surface area contributed by atoms with E-state index in [-0.39, 0.29) is 24.4 Å². The van der Waals surface area contributed by atoms with Gasteiger partial charge in [0, 0.05) is 35.4 Å². The van der Waals surface area contributed by atoms with Gasteiger partial charge in [-0.2, -0.15) is 0 Å². The molecule has 182 valence electrons. The lowest BCUT2D eigenvalue weighted by molar-refractivity contribution is -0.116. The van der Waals surface area contributed by atoms with Crippen molar-refractivity contribution in [2.24, 2.45) is 0 Å². The van der Waals surface area contributed by atoms with Crippen LogP contribution in [0.25, 0.3) is 11.3 Å². The number of nitrogens with zero attached hydrogens (tertiary/aromatic N) is 2. The third kappa shape index (κ3) is 5.12. The molecule has 2 N–H and O–H groups in total. The number of rotatable bonds is 7. The maximum absolute atomic E-state index is 12.7. The second kappa shape index (κ2) is 10.5. The number of nitrogens with one attached hydrogen (secondary N) is 2. The highest BCUT2D eigenvalue weighted by atomic mass is 35.5. The topological polar surface area (TPSA) is 70.4 Å². The fourth-order valence-corrected chi connectivity index (χ4v) is 4.94. The van der Waals surface area contributed by atoms with Crippen LogP contribution in [-0.2, 0) is 4.79 Å². The van der Waals surface area contributed by atoms with Gasteiger partial charge in [0.15, 0.2) is 5.11 Å². The second-order valence-corrected chi connectivity index (χ2v) is 9.47. The molecule has 5 rings (SSSR count). The SMILES string of the molecule is Cc1ccc(Cl)cc1-c1ccc(C2C(c3ccccn3)NC(=S)N2CCC(=O)Nc2ccccc2)o1. The molecule has 1 aliphatic heterocycles. The Morgan fingerprint density at radius 1 is 1.11 bits per heavy atom. The summed E-state index contributed by atoms with van der Waals surface area (Å²) in [5.41, 5.74) is 3.61. The number of hydrogen-bond acceptors (Lipinski definition) is 4. The molecule has 1 aliphatic rings. The molecule has 2 aromatic heterocycles. The average Bonchev–Trinajstić information content (AvgIpc) is 3.50. The van der Waals surface area contributed by atoms with Gasteiger partial charge in [0.1, 0.15) is 17.6 Å². The number of carbonyl (C=O) groups is 1. The van der Waals surface area contributed by atoms with Gasteiger partial charge in [0.05, 0.1) is 11.7 Å². The Hall–Kier alpha value is -3.68. The summed E-state index contributed by atoms with van der Waals surface area (Å²) in [6.45, 7) is 2.44. The van der Waals surface area contributed by atoms with E-state index in [2.05, 4.69) is 15.6 Å². The fourth-order valence-electron chi connectivity index (χ4n) is 4.44. The van der Waals surface area contributed by atoms with E-state index >= 15 is 0 Å². The standard InChI is InChI=1S/C28H25ClN4O2S/c1-18-10-11-19(29)17-21(18)23-12-13-24(35-23)27-26(22-9-5-6-15-30-22)32-28(36)33(27)16-14-25(34)31-20-7-3-2-4-8-20/h2-13,15,17,26-27H,14,16H2,1H3,(H,31,34)(H,32,36). The zero-order chi connectivity index (χ0) is 25.1. The lowest BCUT2D eigenvalue weighted by Crippen LogP contribution is -2.32. The Labute approximate surface area is 220 Å². The summed E-state index contributed by atoms with van der Waals surface area (Å²) in [5, 5.41) is 7.54. The van der Waals surface area contributed by atoms with Crippen molar-refractivity contribution in [1.29, 1.82) is 0 Å². The van der Waals surface area contributed by atoms with Crippen LogP contribution in [0.15, 0.2) is 89.5 Å². The molecule has 0 spiro atoms. The van der Waals surface area contributed by atoms with Crippen molar-refractivity contribution in [3.8, 4) is 11.3 Å². The van der Waals surface area contributed by atoms with Crippen molar-refractivity contribution in [2.75, 3.05) is 11.9 Å². The molecule has 2 unspecified atom stereocenters. The summed E-state index contributed by atoms with van der Waals surface area (Å²) in [7, 11) is 0. The van der Waals surface area contributed by atoms with Crippen molar-refractivity contribution in [2.45, 2.75) is 25.4 Å². The third-order valence-electron chi connectivity index (χ3n) is 6.22. The zero-order valence-corrected chi connectivity index (χ0v) is 21.2. The zero-order valence-electron chi connectivity index (χ0n) is 19.6. The minimum atomic E-state index is -0.273. The number of para-hydroxylation sites is 1. The maximum atomic E-state index is 12.7. The van der Waals surface area contributed by atoms with Gasteiger partial charge in [-0.1, -0.05) is 41.9 Å². The number of aromatic nitrogens is 1. The Kier molecular flexibility index (Phi) is 7.02. The summed E-state index contributed by atoms with van der Waals surface area (Å²) in [6.07, 6.45) is 2.03. The van der Waals surface area contributed by atoms with Crippen LogP contribution in [0.5, 0.6) is 0 Å². The van der Waals surface area contributed by atoms with Crippen molar-refractivity contribution in [3.05, 3.63) is 107 Å². The Bertz CT molecular complexity index is 1380. The first kappa shape index (κ1) is 24.0. The van der Waals surface area contributed by atoms with Gasteiger partial charge < -0.3 is 20.0 Å². The first-order chi connectivity index (χ1) is 17.5. The summed E-state index contributed by atoms with van der Waals surface area (Å²) < 4.78 is 6.39. The molecule has 0 aliphatic carbocycles. The van der Waals surface area contributed by atoms with Crippen LogP contribution in [0.4, 0.5) is 5.69 Å². The smallest absolute Gasteiger partial charge is 0.226 e. The highest BCUT2D eigenvalue weighted by Crippen LogP contribution is 2.41. The van der Waals surface area contributed by atoms with Crippen LogP contribution < -0.4 is 10.6 Å². The number of furan rings is 1. The minimum Gasteiger partial charge on any atom is -0.459 e. The molecule has 2 atom stereocenters. The molecular formula is C28H25ClN4O2S. The van der Waals surface area contributed by atoms with Gasteiger partial charge in [-0.15, -0.1) is 0 Å². The highest BCUT2D eigenvalue weighted by molar-refractivity contribution is 7.80. The summed E-state index contributed by atoms with van der Waals surface area (Å²) in [6, 6.07) is 24.4. The van der Waals surface area contributed by atoms with E-state index in [1.807, 2.05) is 90.7 Å². The summed E-state index contributed by atoms with van der Waals surface area (Å²) >= 11 is 12.0. The van der Waals surface area contributed by atoms with Gasteiger partial charge in [-0.05, 0) is 73.2 Å². The number of anilines is 1. The second-order valence-electron chi connectivity index (χ2n) is 8.65. The molecule has 1 amide bonds. The van der Waals surface area contributed by atoms with E-state index in [0.29, 0.717) is 16.7 Å². The van der Waals surface area contributed by atoms with Crippen LogP contribution in [0, 0.1) is 6.92 Å². The normalized spacial score (nSPS) is 17.2. The van der Waals surface area contributed by atoms with Crippen molar-refractivity contribution in [3.63, 3.8) is 0 Å². The Morgan fingerprint density at radius 3 is 2.69 bits per heavy atom. The number of amides is 1. The Morgan fingerprint density at radius 2 is 1.92 bits per heavy atom. The van der Waals surface area contributed by atoms with E-state index in [9.17, 15) is 4.79 Å². The van der Waals surface area contributed by atoms with E-state index in [1.54, 1.807) is 6.20 Å². The van der Waals surface area contributed by atoms with Crippen LogP contribution in [-0.4, -0.2) is 27.4 Å². The van der Waals surface area contributed by atoms with Crippen LogP contribution in [0.3, 0.4) is 0 Å². The molecule has 36 heavy (non-hydrogen) atoms. The van der Waals surface area contributed by atoms with Gasteiger partial charge >= 0.3 is 0 Å². The van der Waals surface area contributed by atoms with Crippen LogP contribution in [0.1, 0.15) is 35.5 Å². The molecule has 4 aromatic rings. The molecule has 3 heterocycles. The molecular weight excluding hydrogens is 492 g/mol. The predicted molar refractivity (Wildman–Crippen MR) is 146 cm³/mol. The van der Waals surface area contributed by atoms with Crippen LogP contribution in [0.2, 0.25) is 5.02 Å². The quantitative estimate of drug-likeness (QED) is 0.281. The summed E-state index contributed by atoms with van der Waals surface area (Å²) in [4.78, 5) is 19.2. The average molecular weight is 517 g/mol. The number of benzene rings is 2. The van der Waals surface area contributed by atoms with Gasteiger partial charge in [-0.25, -0.2) is 0 Å². The molecule has 0 radical (unpaired) electrons. The van der Waals surface area contributed by atoms with E-state index < -0.39 is 0 Å². The molecule has 1 fully saturated rings. The highest BCUT2D eigenvalue weighted by Gasteiger charge is 2.41. The number of aryl methyl sites for hydroxylation is 1. The lowest BCUT2D eigenvalue weighted by atomic mass is 10.0. The van der Waals surface area contributed by atoms with E-state index in [0.717, 1.165) is 34.0 Å². The van der Waals surface area contributed by atoms with Crippen molar-refractivity contribution < 1.29 is 9.21 Å². The molecule has 1 saturated heterocycles. The lowest BCUT2D eigenvalue weighted by Gasteiger charge is -2.25. The van der Waals surface area contributed by atoms with E-state index in [4.69, 9.17) is 28.2 Å². The van der Waals surface area contributed by atoms with Crippen molar-refractivity contribution in [1.82, 2.24) is 15.2 Å². The number of halogens is 1. The van der Waals surface area contributed by atoms with Gasteiger partial charge in [0.2, 0.25) is 5.91 Å². The minimum absolute atomic E-state index is 0.0845. The molecule has 0 saturated carbocycles. The largest absolute Gasteiger partial charge is 0.459 e. The number of carbonyl (C=O) groups excluding carboxylic acids is 1. The molecule has 6 nitrogen and oxygen atoms in total. The number of thiocarbonyl (C=S) groups is 1. The first-order valence-electron chi connectivity index (χ1n) is 11.7. The van der Waals surface area contributed by atoms with Crippen molar-refractivity contribution >= 4 is 40.5 Å². The predicted octanol–water partition coefficient (Wildman–Crippen LogP) is 6.30. The fraction of sp³-hybridized carbons (Fsp3) is 0.179. The molecule has 2 aromatic carbocycles. The summed E-state index contributed by atoms with van der Waals surface area (Å²) in [5.74, 6) is 1.37. The molecule has 8 heteroatoms. The monoisotopic (exact) mass is 516 g/mol. The Balaban J connectivity index is 1.42. The van der Waals surface area contributed by atoms with E-state index in [1.165, 1.54) is 0 Å². The number of pyridine rings is 1. The first-order valence-corrected chi connectivity index (χ1v) is 12.5.